The van der Waals surface area contributed by atoms with Gasteiger partial charge in [-0.2, -0.15) is 0 Å². The molecule has 0 radical (unpaired) electrons. The van der Waals surface area contributed by atoms with Crippen LogP contribution in [-0.4, -0.2) is 5.11 Å². The predicted molar refractivity (Wildman–Crippen MR) is 52.3 cm³/mol. The van der Waals surface area contributed by atoms with Crippen LogP contribution in [0, 0.1) is 5.41 Å². The van der Waals surface area contributed by atoms with Gasteiger partial charge in [-0.1, -0.05) is 19.9 Å². The van der Waals surface area contributed by atoms with Crippen LogP contribution < -0.4 is 0 Å². The third kappa shape index (κ3) is 1.54. The molecular weight excluding hydrogens is 164 g/mol. The molecule has 0 aliphatic carbocycles. The zero-order valence-corrected chi connectivity index (χ0v) is 8.37. The Morgan fingerprint density at radius 2 is 2.08 bits per heavy atom. The molecule has 0 aromatic carbocycles. The first kappa shape index (κ1) is 10.1. The van der Waals surface area contributed by atoms with Crippen molar-refractivity contribution in [1.82, 2.24) is 0 Å². The Morgan fingerprint density at radius 3 is 2.46 bits per heavy atom. The van der Waals surface area contributed by atoms with Gasteiger partial charge in [0.2, 0.25) is 0 Å². The second-order valence-corrected chi connectivity index (χ2v) is 3.98. The first-order chi connectivity index (χ1) is 5.92. The number of aliphatic hydroxyl groups is 1. The molecule has 2 heteroatoms. The molecule has 0 spiro atoms. The molecule has 1 N–H and O–H groups in total. The lowest BCUT2D eigenvalue weighted by molar-refractivity contribution is -0.0484. The molecule has 0 saturated heterocycles. The maximum absolute atomic E-state index is 10.2. The number of hydrogen-bond donors (Lipinski definition) is 1. The average Bonchev–Trinajstić information content (AvgIpc) is 2.56. The average molecular weight is 180 g/mol. The number of rotatable bonds is 3. The molecule has 1 aromatic rings. The minimum atomic E-state index is -1.02. The molecule has 72 valence electrons. The topological polar surface area (TPSA) is 33.4 Å². The van der Waals surface area contributed by atoms with Gasteiger partial charge in [-0.15, -0.1) is 6.58 Å². The molecule has 0 bridgehead atoms. The minimum Gasteiger partial charge on any atom is -0.466 e. The van der Waals surface area contributed by atoms with Gasteiger partial charge in [-0.25, -0.2) is 0 Å². The molecule has 1 rings (SSSR count). The summed E-state index contributed by atoms with van der Waals surface area (Å²) in [5.74, 6) is 0.567. The molecule has 0 aliphatic rings. The third-order valence-electron chi connectivity index (χ3n) is 2.77. The van der Waals surface area contributed by atoms with E-state index in [9.17, 15) is 5.11 Å². The van der Waals surface area contributed by atoms with E-state index < -0.39 is 11.0 Å². The van der Waals surface area contributed by atoms with Crippen molar-refractivity contribution in [2.24, 2.45) is 5.41 Å². The van der Waals surface area contributed by atoms with E-state index in [1.807, 2.05) is 13.8 Å². The minimum absolute atomic E-state index is 0.412. The molecular formula is C11H16O2. The lowest BCUT2D eigenvalue weighted by atomic mass is 9.75. The van der Waals surface area contributed by atoms with Gasteiger partial charge in [0, 0.05) is 5.41 Å². The summed E-state index contributed by atoms with van der Waals surface area (Å²) in [5, 5.41) is 10.2. The van der Waals surface area contributed by atoms with Crippen LogP contribution >= 0.6 is 0 Å². The standard InChI is InChI=1S/C11H16O2/c1-5-10(2,3)11(4,12)9-7-6-8-13-9/h5-8,12H,1H2,2-4H3. The number of furan rings is 1. The molecule has 0 amide bonds. The fourth-order valence-electron chi connectivity index (χ4n) is 1.07. The van der Waals surface area contributed by atoms with Crippen molar-refractivity contribution in [2.45, 2.75) is 26.4 Å². The van der Waals surface area contributed by atoms with Crippen LogP contribution in [0.15, 0.2) is 35.5 Å². The van der Waals surface area contributed by atoms with Gasteiger partial charge in [0.05, 0.1) is 6.26 Å². The lowest BCUT2D eigenvalue weighted by Gasteiger charge is -2.35. The summed E-state index contributed by atoms with van der Waals surface area (Å²) in [7, 11) is 0. The first-order valence-corrected chi connectivity index (χ1v) is 4.32. The van der Waals surface area contributed by atoms with Gasteiger partial charge in [-0.05, 0) is 19.1 Å². The monoisotopic (exact) mass is 180 g/mol. The van der Waals surface area contributed by atoms with E-state index in [1.165, 1.54) is 0 Å². The van der Waals surface area contributed by atoms with E-state index >= 15 is 0 Å². The molecule has 1 atom stereocenters. The predicted octanol–water partition coefficient (Wildman–Crippen LogP) is 2.70. The fourth-order valence-corrected chi connectivity index (χ4v) is 1.07. The van der Waals surface area contributed by atoms with Gasteiger partial charge in [0.25, 0.3) is 0 Å². The van der Waals surface area contributed by atoms with Crippen molar-refractivity contribution in [2.75, 3.05) is 0 Å². The van der Waals surface area contributed by atoms with Crippen LogP contribution in [0.4, 0.5) is 0 Å². The van der Waals surface area contributed by atoms with E-state index in [1.54, 1.807) is 31.4 Å². The Kier molecular flexibility index (Phi) is 2.35. The van der Waals surface area contributed by atoms with Crippen LogP contribution in [0.5, 0.6) is 0 Å². The zero-order chi connectivity index (χ0) is 10.1. The van der Waals surface area contributed by atoms with E-state index in [0.717, 1.165) is 0 Å². The largest absolute Gasteiger partial charge is 0.466 e. The Hall–Kier alpha value is -1.02. The van der Waals surface area contributed by atoms with Gasteiger partial charge >= 0.3 is 0 Å². The summed E-state index contributed by atoms with van der Waals surface area (Å²) in [5.41, 5.74) is -1.43. The smallest absolute Gasteiger partial charge is 0.135 e. The van der Waals surface area contributed by atoms with Crippen molar-refractivity contribution >= 4 is 0 Å². The van der Waals surface area contributed by atoms with Crippen molar-refractivity contribution in [3.8, 4) is 0 Å². The van der Waals surface area contributed by atoms with Crippen molar-refractivity contribution in [1.29, 1.82) is 0 Å². The molecule has 0 aliphatic heterocycles. The van der Waals surface area contributed by atoms with E-state index in [2.05, 4.69) is 6.58 Å². The highest BCUT2D eigenvalue weighted by Gasteiger charge is 2.40. The molecule has 13 heavy (non-hydrogen) atoms. The molecule has 0 saturated carbocycles. The van der Waals surface area contributed by atoms with Crippen molar-refractivity contribution < 1.29 is 9.52 Å². The Morgan fingerprint density at radius 1 is 1.46 bits per heavy atom. The Labute approximate surface area is 78.9 Å². The number of hydrogen-bond acceptors (Lipinski definition) is 2. The van der Waals surface area contributed by atoms with Crippen LogP contribution in [0.25, 0.3) is 0 Å². The summed E-state index contributed by atoms with van der Waals surface area (Å²) in [6.45, 7) is 9.27. The summed E-state index contributed by atoms with van der Waals surface area (Å²) in [6.07, 6.45) is 3.29. The van der Waals surface area contributed by atoms with Crippen LogP contribution in [0.1, 0.15) is 26.5 Å². The lowest BCUT2D eigenvalue weighted by Crippen LogP contribution is -2.37. The molecule has 0 fully saturated rings. The SMILES string of the molecule is C=CC(C)(C)C(C)(O)c1ccco1. The molecule has 1 unspecified atom stereocenters. The highest BCUT2D eigenvalue weighted by atomic mass is 16.4. The van der Waals surface area contributed by atoms with E-state index in [-0.39, 0.29) is 0 Å². The van der Waals surface area contributed by atoms with Crippen molar-refractivity contribution in [3.63, 3.8) is 0 Å². The van der Waals surface area contributed by atoms with Gasteiger partial charge in [0.15, 0.2) is 0 Å². The first-order valence-electron chi connectivity index (χ1n) is 4.32. The van der Waals surface area contributed by atoms with E-state index in [4.69, 9.17) is 4.42 Å². The normalized spacial score (nSPS) is 16.6. The van der Waals surface area contributed by atoms with Gasteiger partial charge in [0.1, 0.15) is 11.4 Å². The zero-order valence-electron chi connectivity index (χ0n) is 8.37. The molecule has 1 heterocycles. The highest BCUT2D eigenvalue weighted by molar-refractivity contribution is 5.15. The van der Waals surface area contributed by atoms with Crippen LogP contribution in [-0.2, 0) is 5.60 Å². The second-order valence-electron chi connectivity index (χ2n) is 3.98. The van der Waals surface area contributed by atoms with E-state index in [0.29, 0.717) is 5.76 Å². The fraction of sp³-hybridized carbons (Fsp3) is 0.455. The third-order valence-corrected chi connectivity index (χ3v) is 2.77. The highest BCUT2D eigenvalue weighted by Crippen LogP contribution is 2.40. The summed E-state index contributed by atoms with van der Waals surface area (Å²) >= 11 is 0. The summed E-state index contributed by atoms with van der Waals surface area (Å²) in [4.78, 5) is 0. The van der Waals surface area contributed by atoms with Gasteiger partial charge < -0.3 is 9.52 Å². The quantitative estimate of drug-likeness (QED) is 0.725. The van der Waals surface area contributed by atoms with Crippen LogP contribution in [0.3, 0.4) is 0 Å². The Bertz CT molecular complexity index is 281. The van der Waals surface area contributed by atoms with Crippen LogP contribution in [0.2, 0.25) is 0 Å². The van der Waals surface area contributed by atoms with Gasteiger partial charge in [-0.3, -0.25) is 0 Å². The molecule has 1 aromatic heterocycles. The summed E-state index contributed by atoms with van der Waals surface area (Å²) in [6, 6.07) is 3.54. The molecule has 2 nitrogen and oxygen atoms in total. The Balaban J connectivity index is 3.08. The second kappa shape index (κ2) is 3.04. The van der Waals surface area contributed by atoms with Crippen molar-refractivity contribution in [3.05, 3.63) is 36.8 Å². The summed E-state index contributed by atoms with van der Waals surface area (Å²) < 4.78 is 5.19. The maximum atomic E-state index is 10.2. The maximum Gasteiger partial charge on any atom is 0.135 e.